The van der Waals surface area contributed by atoms with Crippen LogP contribution < -0.4 is 0 Å². The van der Waals surface area contributed by atoms with Crippen molar-refractivity contribution in [2.45, 2.75) is 0 Å². The van der Waals surface area contributed by atoms with Gasteiger partial charge in [0.15, 0.2) is 11.6 Å². The molecule has 3 heterocycles. The Morgan fingerprint density at radius 1 is 0.298 bits per heavy atom. The van der Waals surface area contributed by atoms with E-state index < -0.39 is 0 Å². The molecule has 57 heavy (non-hydrogen) atoms. The molecule has 0 aliphatic heterocycles. The van der Waals surface area contributed by atoms with Crippen molar-refractivity contribution in [1.82, 2.24) is 19.9 Å². The summed E-state index contributed by atoms with van der Waals surface area (Å²) < 4.78 is 6.53. The van der Waals surface area contributed by atoms with Crippen molar-refractivity contribution in [3.8, 4) is 45.3 Å². The first-order chi connectivity index (χ1) is 28.2. The van der Waals surface area contributed by atoms with E-state index in [1.807, 2.05) is 79.1 Å². The van der Waals surface area contributed by atoms with Gasteiger partial charge in [-0.1, -0.05) is 152 Å². The number of benzene rings is 7. The fraction of sp³-hybridized carbons (Fsp3) is 0. The maximum atomic E-state index is 6.53. The predicted molar refractivity (Wildman–Crippen MR) is 234 cm³/mol. The molecule has 0 atom stereocenters. The van der Waals surface area contributed by atoms with E-state index in [-0.39, 0.29) is 0 Å². The minimum atomic E-state index is 0.611. The summed E-state index contributed by atoms with van der Waals surface area (Å²) in [5.41, 5.74) is 6.94. The number of hydrogen-bond acceptors (Lipinski definition) is 5. The van der Waals surface area contributed by atoms with Crippen molar-refractivity contribution in [2.24, 2.45) is 0 Å². The number of aromatic nitrogens is 4. The predicted octanol–water partition coefficient (Wildman–Crippen LogP) is 13.6. The molecule has 5 heteroatoms. The van der Waals surface area contributed by atoms with E-state index in [1.165, 1.54) is 10.8 Å². The van der Waals surface area contributed by atoms with Crippen LogP contribution in [0, 0.1) is 0 Å². The van der Waals surface area contributed by atoms with Crippen LogP contribution in [0.15, 0.2) is 199 Å². The standard InChI is InChI=1S/C52H32N4O/c1-3-14-35(15-4-1)47-30-48(38-31-53-51(54-32-38)36-16-5-2-6-17-36)56-52(55-47)37-26-25-34-24-23-33-13-7-8-18-39(33)40-19-9-10-20-41(40)44-28-46-42-21-11-12-22-49(42)57-50(46)29-45(44)43(34)27-37/h1-32H. The zero-order valence-corrected chi connectivity index (χ0v) is 30.7. The monoisotopic (exact) mass is 728 g/mol. The Labute approximate surface area is 327 Å². The van der Waals surface area contributed by atoms with Gasteiger partial charge in [-0.05, 0) is 73.4 Å². The third kappa shape index (κ3) is 5.81. The van der Waals surface area contributed by atoms with Crippen molar-refractivity contribution >= 4 is 65.0 Å². The van der Waals surface area contributed by atoms with E-state index in [2.05, 4.69) is 115 Å². The number of fused-ring (bicyclic) bond motifs is 10. The van der Waals surface area contributed by atoms with E-state index in [4.69, 9.17) is 24.4 Å². The van der Waals surface area contributed by atoms with Crippen LogP contribution in [0.3, 0.4) is 0 Å². The smallest absolute Gasteiger partial charge is 0.160 e. The molecule has 11 rings (SSSR count). The molecule has 0 fully saturated rings. The highest BCUT2D eigenvalue weighted by Gasteiger charge is 2.15. The van der Waals surface area contributed by atoms with Gasteiger partial charge in [-0.2, -0.15) is 0 Å². The molecule has 0 spiro atoms. The fourth-order valence-electron chi connectivity index (χ4n) is 7.99. The number of hydrogen-bond donors (Lipinski definition) is 0. The maximum Gasteiger partial charge on any atom is 0.160 e. The van der Waals surface area contributed by atoms with Crippen LogP contribution in [0.5, 0.6) is 0 Å². The quantitative estimate of drug-likeness (QED) is 0.180. The summed E-state index contributed by atoms with van der Waals surface area (Å²) in [6.07, 6.45) is 3.69. The molecule has 8 aromatic carbocycles. The molecule has 0 bridgehead atoms. The highest BCUT2D eigenvalue weighted by atomic mass is 16.3. The Bertz CT molecular complexity index is 3400. The van der Waals surface area contributed by atoms with E-state index in [1.54, 1.807) is 0 Å². The highest BCUT2D eigenvalue weighted by Crippen LogP contribution is 2.38. The lowest BCUT2D eigenvalue weighted by molar-refractivity contribution is 0.669. The molecule has 266 valence electrons. The lowest BCUT2D eigenvalue weighted by atomic mass is 9.96. The molecule has 3 aromatic heterocycles. The van der Waals surface area contributed by atoms with Crippen LogP contribution in [-0.2, 0) is 0 Å². The maximum absolute atomic E-state index is 6.53. The molecule has 0 unspecified atom stereocenters. The minimum Gasteiger partial charge on any atom is -0.456 e. The summed E-state index contributed by atoms with van der Waals surface area (Å²) in [7, 11) is 0. The summed E-state index contributed by atoms with van der Waals surface area (Å²) >= 11 is 0. The van der Waals surface area contributed by atoms with E-state index >= 15 is 0 Å². The van der Waals surface area contributed by atoms with Gasteiger partial charge in [0.1, 0.15) is 11.2 Å². The second-order valence-corrected chi connectivity index (χ2v) is 14.2. The van der Waals surface area contributed by atoms with Crippen molar-refractivity contribution < 1.29 is 4.42 Å². The topological polar surface area (TPSA) is 64.7 Å². The molecular formula is C52H32N4O. The molecule has 0 N–H and O–H groups in total. The van der Waals surface area contributed by atoms with Crippen LogP contribution in [0.4, 0.5) is 0 Å². The van der Waals surface area contributed by atoms with Crippen molar-refractivity contribution in [2.75, 3.05) is 0 Å². The van der Waals surface area contributed by atoms with Gasteiger partial charge < -0.3 is 4.42 Å². The lowest BCUT2D eigenvalue weighted by Gasteiger charge is -2.11. The van der Waals surface area contributed by atoms with Crippen LogP contribution >= 0.6 is 0 Å². The summed E-state index contributed by atoms with van der Waals surface area (Å²) in [4.78, 5) is 19.9. The second kappa shape index (κ2) is 13.5. The molecule has 0 saturated heterocycles. The summed E-state index contributed by atoms with van der Waals surface area (Å²) in [6.45, 7) is 0. The number of furan rings is 1. The zero-order valence-electron chi connectivity index (χ0n) is 30.7. The summed E-state index contributed by atoms with van der Waals surface area (Å²) in [6, 6.07) is 63.3. The van der Waals surface area contributed by atoms with Crippen LogP contribution in [-0.4, -0.2) is 19.9 Å². The Morgan fingerprint density at radius 3 is 1.61 bits per heavy atom. The van der Waals surface area contributed by atoms with Gasteiger partial charge in [0.05, 0.1) is 11.4 Å². The van der Waals surface area contributed by atoms with Gasteiger partial charge in [0.2, 0.25) is 0 Å². The van der Waals surface area contributed by atoms with Crippen molar-refractivity contribution in [3.63, 3.8) is 0 Å². The highest BCUT2D eigenvalue weighted by molar-refractivity contribution is 6.23. The molecule has 0 amide bonds. The molecule has 5 nitrogen and oxygen atoms in total. The Balaban J connectivity index is 1.21. The van der Waals surface area contributed by atoms with Gasteiger partial charge in [-0.15, -0.1) is 0 Å². The van der Waals surface area contributed by atoms with E-state index in [0.29, 0.717) is 11.6 Å². The average molecular weight is 729 g/mol. The Hall–Kier alpha value is -7.76. The van der Waals surface area contributed by atoms with Gasteiger partial charge in [0.25, 0.3) is 0 Å². The van der Waals surface area contributed by atoms with Gasteiger partial charge in [0, 0.05) is 45.4 Å². The first-order valence-electron chi connectivity index (χ1n) is 19.0. The number of rotatable bonds is 4. The summed E-state index contributed by atoms with van der Waals surface area (Å²) in [5.74, 6) is 1.28. The Morgan fingerprint density at radius 2 is 0.860 bits per heavy atom. The van der Waals surface area contributed by atoms with E-state index in [0.717, 1.165) is 87.9 Å². The first kappa shape index (κ1) is 32.7. The Kier molecular flexibility index (Phi) is 7.74. The molecule has 0 radical (unpaired) electrons. The van der Waals surface area contributed by atoms with Crippen molar-refractivity contribution in [1.29, 1.82) is 0 Å². The molecule has 0 aliphatic rings. The fourth-order valence-corrected chi connectivity index (χ4v) is 7.99. The zero-order chi connectivity index (χ0) is 37.7. The lowest BCUT2D eigenvalue weighted by Crippen LogP contribution is -1.97. The van der Waals surface area contributed by atoms with Crippen LogP contribution in [0.25, 0.3) is 110 Å². The molecular weight excluding hydrogens is 697 g/mol. The van der Waals surface area contributed by atoms with E-state index in [9.17, 15) is 0 Å². The second-order valence-electron chi connectivity index (χ2n) is 14.2. The van der Waals surface area contributed by atoms with Gasteiger partial charge in [-0.25, -0.2) is 19.9 Å². The minimum absolute atomic E-state index is 0.611. The third-order valence-corrected chi connectivity index (χ3v) is 10.8. The number of para-hydroxylation sites is 1. The van der Waals surface area contributed by atoms with Crippen LogP contribution in [0.1, 0.15) is 0 Å². The van der Waals surface area contributed by atoms with Gasteiger partial charge >= 0.3 is 0 Å². The SMILES string of the molecule is c1ccc(-c2cc(-c3cnc(-c4ccccc4)nc3)nc(-c3ccc4ccc5ccccc5c5ccccc5c5cc6c(cc5c4c3)oc3ccccc36)n2)cc1. The van der Waals surface area contributed by atoms with Gasteiger partial charge in [-0.3, -0.25) is 0 Å². The first-order valence-corrected chi connectivity index (χ1v) is 19.0. The normalized spacial score (nSPS) is 11.5. The van der Waals surface area contributed by atoms with Crippen molar-refractivity contribution in [3.05, 3.63) is 194 Å². The largest absolute Gasteiger partial charge is 0.456 e. The summed E-state index contributed by atoms with van der Waals surface area (Å²) in [5, 5.41) is 11.2. The van der Waals surface area contributed by atoms with Crippen LogP contribution in [0.2, 0.25) is 0 Å². The average Bonchev–Trinajstić information content (AvgIpc) is 3.66. The molecule has 11 aromatic rings. The number of nitrogens with zero attached hydrogens (tertiary/aromatic N) is 4. The molecule has 0 aliphatic carbocycles. The third-order valence-electron chi connectivity index (χ3n) is 10.8. The molecule has 0 saturated carbocycles.